The number of piperidine rings is 1. The Balaban J connectivity index is 1.89. The molecule has 0 amide bonds. The first kappa shape index (κ1) is 13.5. The van der Waals surface area contributed by atoms with Crippen molar-refractivity contribution in [1.29, 1.82) is 5.26 Å². The van der Waals surface area contributed by atoms with Crippen LogP contribution in [0.3, 0.4) is 0 Å². The zero-order valence-corrected chi connectivity index (χ0v) is 12.2. The molecule has 2 aliphatic rings. The average molecular weight is 270 g/mol. The number of fused-ring (bicyclic) bond motifs is 1. The monoisotopic (exact) mass is 270 g/mol. The third-order valence-corrected chi connectivity index (χ3v) is 4.87. The molecule has 1 saturated heterocycles. The maximum absolute atomic E-state index is 9.82. The van der Waals surface area contributed by atoms with E-state index in [1.54, 1.807) is 7.11 Å². The van der Waals surface area contributed by atoms with Crippen LogP contribution in [0.2, 0.25) is 0 Å². The fourth-order valence-corrected chi connectivity index (χ4v) is 3.64. The molecule has 1 aromatic carbocycles. The van der Waals surface area contributed by atoms with Crippen molar-refractivity contribution in [2.75, 3.05) is 20.2 Å². The summed E-state index contributed by atoms with van der Waals surface area (Å²) in [4.78, 5) is 2.43. The van der Waals surface area contributed by atoms with Crippen LogP contribution in [-0.2, 0) is 12.8 Å². The highest BCUT2D eigenvalue weighted by Gasteiger charge is 2.40. The minimum Gasteiger partial charge on any atom is -0.497 e. The van der Waals surface area contributed by atoms with E-state index in [2.05, 4.69) is 23.1 Å². The molecule has 1 aliphatic heterocycles. The van der Waals surface area contributed by atoms with Gasteiger partial charge in [0, 0.05) is 6.42 Å². The van der Waals surface area contributed by atoms with Gasteiger partial charge in [0.25, 0.3) is 0 Å². The summed E-state index contributed by atoms with van der Waals surface area (Å²) in [6, 6.07) is 8.95. The van der Waals surface area contributed by atoms with Crippen molar-refractivity contribution < 1.29 is 4.74 Å². The van der Waals surface area contributed by atoms with Crippen molar-refractivity contribution in [2.45, 2.75) is 44.1 Å². The lowest BCUT2D eigenvalue weighted by atomic mass is 9.77. The van der Waals surface area contributed by atoms with Crippen molar-refractivity contribution in [3.8, 4) is 11.8 Å². The third-order valence-electron chi connectivity index (χ3n) is 4.87. The number of nitrogens with zero attached hydrogens (tertiary/aromatic N) is 2. The SMILES string of the molecule is COc1ccc2c(c1)CC(C#N)(N1CCCCC1)CC2. The van der Waals surface area contributed by atoms with Gasteiger partial charge in [0.15, 0.2) is 0 Å². The summed E-state index contributed by atoms with van der Waals surface area (Å²) in [5.74, 6) is 0.899. The molecular formula is C17H22N2O. The number of likely N-dealkylation sites (tertiary alicyclic amines) is 1. The average Bonchev–Trinajstić information content (AvgIpc) is 2.54. The molecule has 1 heterocycles. The van der Waals surface area contributed by atoms with Crippen LogP contribution in [0.15, 0.2) is 18.2 Å². The summed E-state index contributed by atoms with van der Waals surface area (Å²) >= 11 is 0. The summed E-state index contributed by atoms with van der Waals surface area (Å²) in [7, 11) is 1.70. The maximum Gasteiger partial charge on any atom is 0.119 e. The van der Waals surface area contributed by atoms with Crippen molar-refractivity contribution in [1.82, 2.24) is 4.90 Å². The van der Waals surface area contributed by atoms with Gasteiger partial charge in [0.2, 0.25) is 0 Å². The lowest BCUT2D eigenvalue weighted by Gasteiger charge is -2.43. The number of hydrogen-bond acceptors (Lipinski definition) is 3. The van der Waals surface area contributed by atoms with E-state index in [1.807, 2.05) is 6.07 Å². The van der Waals surface area contributed by atoms with Crippen molar-refractivity contribution in [2.24, 2.45) is 0 Å². The van der Waals surface area contributed by atoms with E-state index in [9.17, 15) is 5.26 Å². The minimum atomic E-state index is -0.292. The van der Waals surface area contributed by atoms with E-state index >= 15 is 0 Å². The van der Waals surface area contributed by atoms with E-state index in [0.29, 0.717) is 0 Å². The van der Waals surface area contributed by atoms with Gasteiger partial charge in [0.05, 0.1) is 13.2 Å². The van der Waals surface area contributed by atoms with Gasteiger partial charge >= 0.3 is 0 Å². The number of methoxy groups -OCH3 is 1. The number of rotatable bonds is 2. The number of aryl methyl sites for hydroxylation is 1. The molecule has 1 aromatic rings. The summed E-state index contributed by atoms with van der Waals surface area (Å²) < 4.78 is 5.33. The Bertz CT molecular complexity index is 528. The van der Waals surface area contributed by atoms with Crippen molar-refractivity contribution >= 4 is 0 Å². The molecule has 1 atom stereocenters. The van der Waals surface area contributed by atoms with Crippen LogP contribution in [0.1, 0.15) is 36.8 Å². The first-order chi connectivity index (χ1) is 9.77. The largest absolute Gasteiger partial charge is 0.497 e. The third kappa shape index (κ3) is 2.29. The molecular weight excluding hydrogens is 248 g/mol. The van der Waals surface area contributed by atoms with Crippen molar-refractivity contribution in [3.05, 3.63) is 29.3 Å². The van der Waals surface area contributed by atoms with Crippen LogP contribution in [0, 0.1) is 11.3 Å². The number of nitriles is 1. The molecule has 3 rings (SSSR count). The van der Waals surface area contributed by atoms with E-state index < -0.39 is 0 Å². The summed E-state index contributed by atoms with van der Waals surface area (Å²) in [5.41, 5.74) is 2.39. The van der Waals surface area contributed by atoms with Gasteiger partial charge in [-0.1, -0.05) is 12.5 Å². The molecule has 0 aromatic heterocycles. The second-order valence-corrected chi connectivity index (χ2v) is 6.00. The summed E-state index contributed by atoms with van der Waals surface area (Å²) in [5, 5.41) is 9.82. The smallest absolute Gasteiger partial charge is 0.119 e. The molecule has 0 radical (unpaired) electrons. The Labute approximate surface area is 121 Å². The Morgan fingerprint density at radius 2 is 2.00 bits per heavy atom. The Morgan fingerprint density at radius 1 is 1.20 bits per heavy atom. The van der Waals surface area contributed by atoms with Crippen molar-refractivity contribution in [3.63, 3.8) is 0 Å². The highest BCUT2D eigenvalue weighted by molar-refractivity contribution is 5.40. The normalized spacial score (nSPS) is 26.6. The van der Waals surface area contributed by atoms with Gasteiger partial charge in [-0.05, 0) is 62.0 Å². The molecule has 0 N–H and O–H groups in total. The highest BCUT2D eigenvalue weighted by atomic mass is 16.5. The zero-order valence-electron chi connectivity index (χ0n) is 12.2. The standard InChI is InChI=1S/C17H22N2O/c1-20-16-6-5-14-7-8-17(13-18,12-15(14)11-16)19-9-3-2-4-10-19/h5-6,11H,2-4,7-10,12H2,1H3. The first-order valence-corrected chi connectivity index (χ1v) is 7.59. The fraction of sp³-hybridized carbons (Fsp3) is 0.588. The van der Waals surface area contributed by atoms with E-state index in [1.165, 1.54) is 30.4 Å². The van der Waals surface area contributed by atoms with E-state index in [-0.39, 0.29) is 5.54 Å². The van der Waals surface area contributed by atoms with Gasteiger partial charge in [-0.3, -0.25) is 4.90 Å². The van der Waals surface area contributed by atoms with Crippen LogP contribution < -0.4 is 4.74 Å². The molecule has 0 bridgehead atoms. The number of hydrogen-bond donors (Lipinski definition) is 0. The molecule has 3 nitrogen and oxygen atoms in total. The van der Waals surface area contributed by atoms with Crippen LogP contribution in [0.25, 0.3) is 0 Å². The second-order valence-electron chi connectivity index (χ2n) is 6.00. The predicted octanol–water partition coefficient (Wildman–Crippen LogP) is 2.93. The highest BCUT2D eigenvalue weighted by Crippen LogP contribution is 2.36. The van der Waals surface area contributed by atoms with Gasteiger partial charge in [-0.15, -0.1) is 0 Å². The lowest BCUT2D eigenvalue weighted by molar-refractivity contribution is 0.0974. The molecule has 1 unspecified atom stereocenters. The Hall–Kier alpha value is -1.53. The van der Waals surface area contributed by atoms with Crippen LogP contribution in [0.5, 0.6) is 5.75 Å². The molecule has 0 spiro atoms. The molecule has 0 saturated carbocycles. The Morgan fingerprint density at radius 3 is 2.70 bits per heavy atom. The summed E-state index contributed by atoms with van der Waals surface area (Å²) in [6.45, 7) is 2.15. The predicted molar refractivity (Wildman–Crippen MR) is 78.8 cm³/mol. The van der Waals surface area contributed by atoms with Gasteiger partial charge in [0.1, 0.15) is 11.3 Å². The maximum atomic E-state index is 9.82. The zero-order chi connectivity index (χ0) is 14.0. The topological polar surface area (TPSA) is 36.3 Å². The Kier molecular flexibility index (Phi) is 3.67. The minimum absolute atomic E-state index is 0.292. The number of benzene rings is 1. The molecule has 3 heteroatoms. The van der Waals surface area contributed by atoms with Crippen LogP contribution in [-0.4, -0.2) is 30.6 Å². The summed E-state index contributed by atoms with van der Waals surface area (Å²) in [6.07, 6.45) is 6.58. The van der Waals surface area contributed by atoms with E-state index in [4.69, 9.17) is 4.74 Å². The molecule has 1 aliphatic carbocycles. The second kappa shape index (κ2) is 5.46. The number of ether oxygens (including phenoxy) is 1. The molecule has 20 heavy (non-hydrogen) atoms. The van der Waals surface area contributed by atoms with Crippen LogP contribution >= 0.6 is 0 Å². The fourth-order valence-electron chi connectivity index (χ4n) is 3.64. The van der Waals surface area contributed by atoms with Gasteiger partial charge in [-0.2, -0.15) is 5.26 Å². The van der Waals surface area contributed by atoms with Gasteiger partial charge < -0.3 is 4.74 Å². The van der Waals surface area contributed by atoms with Crippen LogP contribution in [0.4, 0.5) is 0 Å². The first-order valence-electron chi connectivity index (χ1n) is 7.59. The van der Waals surface area contributed by atoms with E-state index in [0.717, 1.165) is 38.1 Å². The lowest BCUT2D eigenvalue weighted by Crippen LogP contribution is -2.53. The van der Waals surface area contributed by atoms with Gasteiger partial charge in [-0.25, -0.2) is 0 Å². The molecule has 1 fully saturated rings. The molecule has 106 valence electrons. The quantitative estimate of drug-likeness (QED) is 0.829.